The van der Waals surface area contributed by atoms with Gasteiger partial charge in [-0.25, -0.2) is 0 Å². The Hall–Kier alpha value is -0.0400. The van der Waals surface area contributed by atoms with Gasteiger partial charge in [0.1, 0.15) is 0 Å². The molecule has 1 nitrogen and oxygen atoms in total. The van der Waals surface area contributed by atoms with Gasteiger partial charge >= 0.3 is 0 Å². The number of hydrogen-bond donors (Lipinski definition) is 1. The van der Waals surface area contributed by atoms with E-state index in [9.17, 15) is 5.11 Å². The molecule has 0 amide bonds. The molecule has 5 unspecified atom stereocenters. The van der Waals surface area contributed by atoms with Gasteiger partial charge < -0.3 is 5.11 Å². The third-order valence-electron chi connectivity index (χ3n) is 4.42. The molecule has 1 fully saturated rings. The number of rotatable bonds is 0. The molecule has 0 aromatic carbocycles. The first-order chi connectivity index (χ1) is 6.25. The van der Waals surface area contributed by atoms with Crippen LogP contribution in [0.25, 0.3) is 0 Å². The zero-order valence-electron chi connectivity index (χ0n) is 10.5. The summed E-state index contributed by atoms with van der Waals surface area (Å²) in [6.07, 6.45) is 1.07. The Labute approximate surface area is 88.9 Å². The van der Waals surface area contributed by atoms with Crippen LogP contribution >= 0.6 is 0 Å². The molecule has 0 aromatic heterocycles. The molecule has 1 heteroatoms. The van der Waals surface area contributed by atoms with Crippen LogP contribution in [-0.2, 0) is 0 Å². The second kappa shape index (κ2) is 3.84. The van der Waals surface area contributed by atoms with Crippen molar-refractivity contribution in [3.05, 3.63) is 0 Å². The van der Waals surface area contributed by atoms with Gasteiger partial charge in [-0.2, -0.15) is 0 Å². The highest BCUT2D eigenvalue weighted by Gasteiger charge is 2.42. The molecule has 0 aliphatic heterocycles. The van der Waals surface area contributed by atoms with E-state index in [0.717, 1.165) is 5.92 Å². The van der Waals surface area contributed by atoms with Gasteiger partial charge in [-0.1, -0.05) is 41.5 Å². The third-order valence-corrected chi connectivity index (χ3v) is 4.42. The van der Waals surface area contributed by atoms with Crippen LogP contribution in [0.15, 0.2) is 0 Å². The van der Waals surface area contributed by atoms with Gasteiger partial charge in [0.15, 0.2) is 0 Å². The van der Waals surface area contributed by atoms with Crippen molar-refractivity contribution in [3.63, 3.8) is 0 Å². The SMILES string of the molecule is CC1CC(C(C)(C)C)C(O)C(C)C1C. The lowest BCUT2D eigenvalue weighted by Crippen LogP contribution is -2.45. The topological polar surface area (TPSA) is 20.2 Å². The van der Waals surface area contributed by atoms with Gasteiger partial charge in [-0.15, -0.1) is 0 Å². The quantitative estimate of drug-likeness (QED) is 0.633. The van der Waals surface area contributed by atoms with Crippen molar-refractivity contribution in [1.29, 1.82) is 0 Å². The summed E-state index contributed by atoms with van der Waals surface area (Å²) in [5.41, 5.74) is 0.238. The Bertz CT molecular complexity index is 192. The highest BCUT2D eigenvalue weighted by molar-refractivity contribution is 4.91. The summed E-state index contributed by atoms with van der Waals surface area (Å²) >= 11 is 0. The Kier molecular flexibility index (Phi) is 3.30. The average Bonchev–Trinajstić information content (AvgIpc) is 2.06. The van der Waals surface area contributed by atoms with Gasteiger partial charge in [0.2, 0.25) is 0 Å². The molecule has 14 heavy (non-hydrogen) atoms. The minimum Gasteiger partial charge on any atom is -0.393 e. The zero-order valence-corrected chi connectivity index (χ0v) is 10.5. The molecule has 5 atom stereocenters. The molecule has 1 saturated carbocycles. The van der Waals surface area contributed by atoms with E-state index in [1.807, 2.05) is 0 Å². The molecule has 1 N–H and O–H groups in total. The lowest BCUT2D eigenvalue weighted by atomic mass is 9.61. The molecule has 0 aromatic rings. The molecule has 0 radical (unpaired) electrons. The van der Waals surface area contributed by atoms with Crippen LogP contribution in [0, 0.1) is 29.1 Å². The van der Waals surface area contributed by atoms with Crippen molar-refractivity contribution in [2.75, 3.05) is 0 Å². The van der Waals surface area contributed by atoms with Gasteiger partial charge in [-0.05, 0) is 35.5 Å². The first-order valence-corrected chi connectivity index (χ1v) is 5.93. The summed E-state index contributed by atoms with van der Waals surface area (Å²) in [6, 6.07) is 0. The highest BCUT2D eigenvalue weighted by atomic mass is 16.3. The van der Waals surface area contributed by atoms with Crippen molar-refractivity contribution >= 4 is 0 Å². The Morgan fingerprint density at radius 2 is 1.50 bits per heavy atom. The fraction of sp³-hybridized carbons (Fsp3) is 1.00. The monoisotopic (exact) mass is 198 g/mol. The molecule has 0 saturated heterocycles. The summed E-state index contributed by atoms with van der Waals surface area (Å²) in [5.74, 6) is 2.31. The minimum atomic E-state index is -0.110. The van der Waals surface area contributed by atoms with Crippen LogP contribution in [0.1, 0.15) is 48.0 Å². The largest absolute Gasteiger partial charge is 0.393 e. The van der Waals surface area contributed by atoms with Gasteiger partial charge in [-0.3, -0.25) is 0 Å². The molecular formula is C13H26O. The molecule has 0 bridgehead atoms. The first-order valence-electron chi connectivity index (χ1n) is 5.93. The highest BCUT2D eigenvalue weighted by Crippen LogP contribution is 2.45. The normalized spacial score (nSPS) is 45.2. The van der Waals surface area contributed by atoms with Gasteiger partial charge in [0.05, 0.1) is 6.10 Å². The van der Waals surface area contributed by atoms with Crippen molar-refractivity contribution in [2.45, 2.75) is 54.1 Å². The van der Waals surface area contributed by atoms with Gasteiger partial charge in [0.25, 0.3) is 0 Å². The van der Waals surface area contributed by atoms with Gasteiger partial charge in [0, 0.05) is 0 Å². The zero-order chi connectivity index (χ0) is 11.1. The number of hydrogen-bond acceptors (Lipinski definition) is 1. The summed E-state index contributed by atoms with van der Waals surface area (Å²) in [5, 5.41) is 10.3. The summed E-state index contributed by atoms with van der Waals surface area (Å²) in [7, 11) is 0. The van der Waals surface area contributed by atoms with E-state index in [4.69, 9.17) is 0 Å². The van der Waals surface area contributed by atoms with E-state index >= 15 is 0 Å². The van der Waals surface area contributed by atoms with Crippen molar-refractivity contribution < 1.29 is 5.11 Å². The maximum atomic E-state index is 10.3. The van der Waals surface area contributed by atoms with E-state index in [2.05, 4.69) is 41.5 Å². The molecule has 0 spiro atoms. The smallest absolute Gasteiger partial charge is 0.0601 e. The van der Waals surface area contributed by atoms with E-state index in [1.165, 1.54) is 6.42 Å². The predicted octanol–water partition coefficient (Wildman–Crippen LogP) is 3.32. The lowest BCUT2D eigenvalue weighted by Gasteiger charge is -2.46. The Morgan fingerprint density at radius 3 is 1.93 bits per heavy atom. The summed E-state index contributed by atoms with van der Waals surface area (Å²) < 4.78 is 0. The van der Waals surface area contributed by atoms with Crippen molar-refractivity contribution in [2.24, 2.45) is 29.1 Å². The maximum Gasteiger partial charge on any atom is 0.0601 e. The number of aliphatic hydroxyl groups is 1. The molecule has 1 aliphatic rings. The molecule has 1 aliphatic carbocycles. The molecule has 1 rings (SSSR count). The summed E-state index contributed by atoms with van der Waals surface area (Å²) in [6.45, 7) is 13.5. The lowest BCUT2D eigenvalue weighted by molar-refractivity contribution is -0.0659. The van der Waals surface area contributed by atoms with Crippen LogP contribution in [-0.4, -0.2) is 11.2 Å². The fourth-order valence-electron chi connectivity index (χ4n) is 2.82. The molecule has 0 heterocycles. The first kappa shape index (κ1) is 12.0. The fourth-order valence-corrected chi connectivity index (χ4v) is 2.82. The van der Waals surface area contributed by atoms with Crippen molar-refractivity contribution in [3.8, 4) is 0 Å². The Morgan fingerprint density at radius 1 is 1.00 bits per heavy atom. The second-order valence-electron chi connectivity index (χ2n) is 6.39. The van der Waals surface area contributed by atoms with Crippen molar-refractivity contribution in [1.82, 2.24) is 0 Å². The van der Waals surface area contributed by atoms with Crippen LogP contribution in [0.3, 0.4) is 0 Å². The average molecular weight is 198 g/mol. The van der Waals surface area contributed by atoms with Crippen LogP contribution in [0.4, 0.5) is 0 Å². The summed E-state index contributed by atoms with van der Waals surface area (Å²) in [4.78, 5) is 0. The molecule has 84 valence electrons. The van der Waals surface area contributed by atoms with E-state index in [0.29, 0.717) is 17.8 Å². The second-order valence-corrected chi connectivity index (χ2v) is 6.39. The van der Waals surface area contributed by atoms with E-state index in [-0.39, 0.29) is 11.5 Å². The van der Waals surface area contributed by atoms with Crippen LogP contribution in [0.2, 0.25) is 0 Å². The molecular weight excluding hydrogens is 172 g/mol. The van der Waals surface area contributed by atoms with Crippen LogP contribution < -0.4 is 0 Å². The maximum absolute atomic E-state index is 10.3. The standard InChI is InChI=1S/C13H26O/c1-8-7-11(13(4,5)6)12(14)10(3)9(8)2/h8-12,14H,7H2,1-6H3. The minimum absolute atomic E-state index is 0.110. The predicted molar refractivity (Wildman–Crippen MR) is 61.1 cm³/mol. The Balaban J connectivity index is 2.81. The van der Waals surface area contributed by atoms with E-state index in [1.54, 1.807) is 0 Å². The van der Waals surface area contributed by atoms with Crippen LogP contribution in [0.5, 0.6) is 0 Å². The number of aliphatic hydroxyl groups excluding tert-OH is 1. The van der Waals surface area contributed by atoms with E-state index < -0.39 is 0 Å². The third kappa shape index (κ3) is 2.13.